The zero-order valence-electron chi connectivity index (χ0n) is 34.2. The third kappa shape index (κ3) is 12.0. The quantitative estimate of drug-likeness (QED) is 0.0631. The first kappa shape index (κ1) is 47.9. The summed E-state index contributed by atoms with van der Waals surface area (Å²) < 4.78 is 51.7. The van der Waals surface area contributed by atoms with Gasteiger partial charge in [-0.2, -0.15) is 5.26 Å². The van der Waals surface area contributed by atoms with Crippen LogP contribution < -0.4 is 21.3 Å². The predicted molar refractivity (Wildman–Crippen MR) is 237 cm³/mol. The van der Waals surface area contributed by atoms with E-state index in [0.717, 1.165) is 11.1 Å². The van der Waals surface area contributed by atoms with Crippen molar-refractivity contribution in [1.82, 2.24) is 0 Å². The van der Waals surface area contributed by atoms with Gasteiger partial charge in [0, 0.05) is 36.0 Å². The van der Waals surface area contributed by atoms with Gasteiger partial charge in [-0.15, -0.1) is 0 Å². The number of sulfone groups is 2. The molecule has 0 aliphatic carbocycles. The van der Waals surface area contributed by atoms with E-state index in [4.69, 9.17) is 16.9 Å². The number of nitriles is 1. The largest absolute Gasteiger partial charge is 0.506 e. The average molecular weight is 902 g/mol. The summed E-state index contributed by atoms with van der Waals surface area (Å²) in [5, 5.41) is 36.7. The number of amides is 4. The van der Waals surface area contributed by atoms with E-state index in [1.807, 2.05) is 6.07 Å². The fourth-order valence-corrected chi connectivity index (χ4v) is 9.69. The highest BCUT2D eigenvalue weighted by atomic mass is 35.5. The minimum absolute atomic E-state index is 0.0510. The lowest BCUT2D eigenvalue weighted by molar-refractivity contribution is -0.116. The molecule has 6 N–H and O–H groups in total. The summed E-state index contributed by atoms with van der Waals surface area (Å²) in [6, 6.07) is 26.9. The summed E-state index contributed by atoms with van der Waals surface area (Å²) in [7, 11) is -7.79. The van der Waals surface area contributed by atoms with Gasteiger partial charge >= 0.3 is 0 Å². The molecule has 18 heteroatoms. The van der Waals surface area contributed by atoms with Crippen LogP contribution in [-0.4, -0.2) is 61.2 Å². The highest BCUT2D eigenvalue weighted by Crippen LogP contribution is 2.30. The van der Waals surface area contributed by atoms with Crippen molar-refractivity contribution in [1.29, 1.82) is 5.26 Å². The first-order valence-corrected chi connectivity index (χ1v) is 22.4. The number of aromatic hydroxyl groups is 2. The standard InChI is InChI=1S/C25H22ClN3O5S.C19H22N2O5S/c1-3-23(35(33,34)19-6-4-5-15(2)11-19)25(32)28-18-9-10-21(22(30)13-18)29-24(31)16-7-8-17(14-27)20(26)12-16;1-4-18(27(25,26)15-7-5-6-12(2)10-15)19(24)21-14-8-9-16(17(23)11-14)20-13(3)22/h4-13,23,30H,3H2,1-2H3,(H,28,32)(H,29,31);5-11,18,23H,4H2,1-3H3,(H,20,22)(H,21,24). The molecule has 0 aromatic heterocycles. The molecule has 0 aliphatic rings. The maximum atomic E-state index is 13.0. The number of nitrogens with one attached hydrogen (secondary N) is 4. The third-order valence-electron chi connectivity index (χ3n) is 9.15. The van der Waals surface area contributed by atoms with E-state index in [1.165, 1.54) is 85.8 Å². The third-order valence-corrected chi connectivity index (χ3v) is 13.9. The van der Waals surface area contributed by atoms with E-state index in [0.29, 0.717) is 0 Å². The summed E-state index contributed by atoms with van der Waals surface area (Å²) in [4.78, 5) is 49.1. The topological polar surface area (TPSA) is 249 Å². The van der Waals surface area contributed by atoms with Crippen molar-refractivity contribution in [2.45, 2.75) is 67.8 Å². The minimum Gasteiger partial charge on any atom is -0.506 e. The van der Waals surface area contributed by atoms with Gasteiger partial charge in [0.25, 0.3) is 5.91 Å². The van der Waals surface area contributed by atoms with Crippen LogP contribution >= 0.6 is 11.6 Å². The monoisotopic (exact) mass is 901 g/mol. The maximum absolute atomic E-state index is 13.0. The maximum Gasteiger partial charge on any atom is 0.255 e. The summed E-state index contributed by atoms with van der Waals surface area (Å²) in [6.07, 6.45) is 0.146. The van der Waals surface area contributed by atoms with E-state index in [9.17, 15) is 46.2 Å². The highest BCUT2D eigenvalue weighted by Gasteiger charge is 2.34. The Bertz CT molecular complexity index is 2790. The molecule has 0 fully saturated rings. The molecule has 0 spiro atoms. The lowest BCUT2D eigenvalue weighted by Crippen LogP contribution is -2.34. The van der Waals surface area contributed by atoms with Crippen molar-refractivity contribution in [3.05, 3.63) is 130 Å². The number of halogens is 1. The number of hydrogen-bond donors (Lipinski definition) is 6. The summed E-state index contributed by atoms with van der Waals surface area (Å²) in [6.45, 7) is 8.06. The number of phenolic OH excluding ortho intramolecular Hbond substituents is 2. The van der Waals surface area contributed by atoms with E-state index in [-0.39, 0.29) is 78.9 Å². The fourth-order valence-electron chi connectivity index (χ4n) is 6.01. The number of benzene rings is 5. The Morgan fingerprint density at radius 2 is 1.10 bits per heavy atom. The minimum atomic E-state index is -3.93. The molecule has 5 aromatic carbocycles. The van der Waals surface area contributed by atoms with Crippen molar-refractivity contribution in [2.75, 3.05) is 21.3 Å². The molecule has 62 heavy (non-hydrogen) atoms. The second-order valence-corrected chi connectivity index (χ2v) is 18.6. The molecule has 4 amide bonds. The van der Waals surface area contributed by atoms with Crippen LogP contribution in [0.15, 0.2) is 113 Å². The van der Waals surface area contributed by atoms with Gasteiger partial charge in [-0.3, -0.25) is 19.2 Å². The lowest BCUT2D eigenvalue weighted by Gasteiger charge is -2.17. The predicted octanol–water partition coefficient (Wildman–Crippen LogP) is 7.52. The van der Waals surface area contributed by atoms with Crippen LogP contribution in [0.5, 0.6) is 11.5 Å². The first-order chi connectivity index (χ1) is 29.2. The molecule has 2 atom stereocenters. The Labute approximate surface area is 364 Å². The Balaban J connectivity index is 0.000000282. The van der Waals surface area contributed by atoms with Gasteiger partial charge in [-0.25, -0.2) is 16.8 Å². The lowest BCUT2D eigenvalue weighted by atomic mass is 10.1. The smallest absolute Gasteiger partial charge is 0.255 e. The fraction of sp³-hybridized carbons (Fsp3) is 0.205. The number of aryl methyl sites for hydroxylation is 2. The molecular formula is C44H44ClN5O10S2. The van der Waals surface area contributed by atoms with Gasteiger partial charge in [0.05, 0.1) is 31.8 Å². The normalized spacial score (nSPS) is 12.0. The number of carbonyl (C=O) groups is 4. The van der Waals surface area contributed by atoms with Crippen molar-refractivity contribution in [3.63, 3.8) is 0 Å². The van der Waals surface area contributed by atoms with E-state index < -0.39 is 47.9 Å². The highest BCUT2D eigenvalue weighted by molar-refractivity contribution is 7.93. The number of nitrogens with zero attached hydrogens (tertiary/aromatic N) is 1. The van der Waals surface area contributed by atoms with Gasteiger partial charge in [-0.1, -0.05) is 49.7 Å². The number of rotatable bonds is 13. The van der Waals surface area contributed by atoms with Gasteiger partial charge in [-0.05, 0) is 105 Å². The van der Waals surface area contributed by atoms with Crippen molar-refractivity contribution in [3.8, 4) is 17.6 Å². The molecule has 0 aliphatic heterocycles. The number of anilines is 4. The molecular weight excluding hydrogens is 858 g/mol. The number of phenols is 2. The first-order valence-electron chi connectivity index (χ1n) is 18.9. The molecule has 0 radical (unpaired) electrons. The van der Waals surface area contributed by atoms with Crippen molar-refractivity contribution in [2.24, 2.45) is 0 Å². The van der Waals surface area contributed by atoms with Gasteiger partial charge in [0.15, 0.2) is 19.7 Å². The van der Waals surface area contributed by atoms with Crippen LogP contribution in [-0.2, 0) is 34.1 Å². The van der Waals surface area contributed by atoms with E-state index in [1.54, 1.807) is 52.0 Å². The van der Waals surface area contributed by atoms with Crippen LogP contribution in [0.25, 0.3) is 0 Å². The molecule has 2 unspecified atom stereocenters. The second-order valence-electron chi connectivity index (χ2n) is 13.9. The Hall–Kier alpha value is -6.74. The van der Waals surface area contributed by atoms with Crippen LogP contribution in [0, 0.1) is 25.2 Å². The van der Waals surface area contributed by atoms with Crippen LogP contribution in [0.2, 0.25) is 5.02 Å². The average Bonchev–Trinajstić information content (AvgIpc) is 3.20. The summed E-state index contributed by atoms with van der Waals surface area (Å²) in [5.74, 6) is -2.93. The van der Waals surface area contributed by atoms with Gasteiger partial charge in [0.2, 0.25) is 17.7 Å². The number of hydrogen-bond acceptors (Lipinski definition) is 11. The van der Waals surface area contributed by atoms with Crippen molar-refractivity contribution >= 4 is 77.7 Å². The molecule has 15 nitrogen and oxygen atoms in total. The van der Waals surface area contributed by atoms with Gasteiger partial charge < -0.3 is 31.5 Å². The zero-order chi connectivity index (χ0) is 45.9. The van der Waals surface area contributed by atoms with Gasteiger partial charge in [0.1, 0.15) is 28.1 Å². The SMILES string of the molecule is CCC(C(=O)Nc1ccc(NC(=O)c2ccc(C#N)c(Cl)c2)c(O)c1)S(=O)(=O)c1cccc(C)c1.CCC(C(=O)Nc1ccc(NC(C)=O)c(O)c1)S(=O)(=O)c1cccc(C)c1. The van der Waals surface area contributed by atoms with E-state index >= 15 is 0 Å². The Morgan fingerprint density at radius 3 is 1.47 bits per heavy atom. The molecule has 0 saturated carbocycles. The summed E-state index contributed by atoms with van der Waals surface area (Å²) >= 11 is 5.96. The van der Waals surface area contributed by atoms with Crippen molar-refractivity contribution < 1.29 is 46.2 Å². The molecule has 0 saturated heterocycles. The van der Waals surface area contributed by atoms with E-state index in [2.05, 4.69) is 21.3 Å². The molecule has 5 aromatic rings. The molecule has 5 rings (SSSR count). The molecule has 324 valence electrons. The van der Waals surface area contributed by atoms with Crippen LogP contribution in [0.1, 0.15) is 60.7 Å². The Morgan fingerprint density at radius 1 is 0.645 bits per heavy atom. The number of carbonyl (C=O) groups excluding carboxylic acids is 4. The van der Waals surface area contributed by atoms with Crippen LogP contribution in [0.4, 0.5) is 22.7 Å². The van der Waals surface area contributed by atoms with Crippen LogP contribution in [0.3, 0.4) is 0 Å². The zero-order valence-corrected chi connectivity index (χ0v) is 36.6. The summed E-state index contributed by atoms with van der Waals surface area (Å²) in [5.41, 5.74) is 2.58. The Kier molecular flexibility index (Phi) is 16.0. The molecule has 0 bridgehead atoms. The molecule has 0 heterocycles. The second kappa shape index (κ2) is 20.7.